The van der Waals surface area contributed by atoms with Crippen LogP contribution in [0.25, 0.3) is 0 Å². The molecule has 0 radical (unpaired) electrons. The van der Waals surface area contributed by atoms with Crippen molar-refractivity contribution in [1.29, 1.82) is 0 Å². The van der Waals surface area contributed by atoms with Gasteiger partial charge >= 0.3 is 0 Å². The highest BCUT2D eigenvalue weighted by molar-refractivity contribution is 5.68. The summed E-state index contributed by atoms with van der Waals surface area (Å²) in [7, 11) is 0. The van der Waals surface area contributed by atoms with Gasteiger partial charge in [-0.25, -0.2) is 0 Å². The van der Waals surface area contributed by atoms with Crippen LogP contribution in [0.2, 0.25) is 0 Å². The molecule has 2 atom stereocenters. The van der Waals surface area contributed by atoms with Crippen molar-refractivity contribution in [3.05, 3.63) is 53.6 Å². The Bertz CT molecular complexity index is 788. The van der Waals surface area contributed by atoms with Crippen LogP contribution in [-0.4, -0.2) is 23.4 Å². The van der Waals surface area contributed by atoms with Gasteiger partial charge in [0, 0.05) is 11.6 Å². The largest absolute Gasteiger partial charge is 0.484 e. The molecule has 1 saturated carbocycles. The topological polar surface area (TPSA) is 93.5 Å². The van der Waals surface area contributed by atoms with Gasteiger partial charge in [-0.15, -0.1) is 0 Å². The molecular weight excluding hydrogens is 338 g/mol. The maximum atomic E-state index is 11.3. The second kappa shape index (κ2) is 7.41. The Labute approximate surface area is 160 Å². The van der Waals surface area contributed by atoms with Gasteiger partial charge < -0.3 is 26.6 Å². The Kier molecular flexibility index (Phi) is 4.98. The Morgan fingerprint density at radius 3 is 2.48 bits per heavy atom. The van der Waals surface area contributed by atoms with Crippen molar-refractivity contribution in [3.63, 3.8) is 0 Å². The van der Waals surface area contributed by atoms with Gasteiger partial charge in [0.25, 0.3) is 0 Å². The molecule has 5 nitrogen and oxygen atoms in total. The Hall–Kier alpha value is -2.24. The first kappa shape index (κ1) is 18.1. The molecular formula is C22H29N3O2. The monoisotopic (exact) mass is 367 g/mol. The van der Waals surface area contributed by atoms with E-state index >= 15 is 0 Å². The van der Waals surface area contributed by atoms with E-state index in [1.165, 1.54) is 12.0 Å². The van der Waals surface area contributed by atoms with Gasteiger partial charge in [-0.3, -0.25) is 0 Å². The van der Waals surface area contributed by atoms with Crippen LogP contribution in [0, 0.1) is 0 Å². The molecule has 0 bridgehead atoms. The number of benzene rings is 2. The molecule has 0 saturated heterocycles. The lowest BCUT2D eigenvalue weighted by molar-refractivity contribution is -0.107. The molecule has 1 spiro atoms. The summed E-state index contributed by atoms with van der Waals surface area (Å²) in [5, 5.41) is 14.9. The first-order chi connectivity index (χ1) is 13.1. The van der Waals surface area contributed by atoms with Crippen molar-refractivity contribution in [2.45, 2.75) is 56.3 Å². The van der Waals surface area contributed by atoms with Crippen molar-refractivity contribution < 1.29 is 9.84 Å². The van der Waals surface area contributed by atoms with Gasteiger partial charge in [-0.2, -0.15) is 0 Å². The van der Waals surface area contributed by atoms with Crippen molar-refractivity contribution >= 4 is 11.4 Å². The quantitative estimate of drug-likeness (QED) is 0.623. The van der Waals surface area contributed by atoms with E-state index < -0.39 is 11.7 Å². The lowest BCUT2D eigenvalue weighted by Crippen LogP contribution is -2.57. The first-order valence-electron chi connectivity index (χ1n) is 9.92. The van der Waals surface area contributed by atoms with E-state index in [0.717, 1.165) is 50.0 Å². The molecule has 144 valence electrons. The maximum Gasteiger partial charge on any atom is 0.137 e. The average Bonchev–Trinajstić information content (AvgIpc) is 2.68. The molecule has 2 aliphatic rings. The fraction of sp³-hybridized carbons (Fsp3) is 0.455. The van der Waals surface area contributed by atoms with Gasteiger partial charge in [-0.1, -0.05) is 36.8 Å². The van der Waals surface area contributed by atoms with Crippen LogP contribution in [-0.2, 0) is 6.42 Å². The summed E-state index contributed by atoms with van der Waals surface area (Å²) in [5.41, 5.74) is 14.8. The number of aliphatic hydroxyl groups excluding tert-OH is 1. The van der Waals surface area contributed by atoms with Crippen LogP contribution in [0.5, 0.6) is 5.75 Å². The minimum Gasteiger partial charge on any atom is -0.484 e. The molecule has 1 aliphatic carbocycles. The molecule has 2 aromatic rings. The standard InChI is InChI=1S/C22H29N3O2/c23-17-13-16-19(14-18(17)24)27-22(10-5-2-6-11-22)21(26)20(16)25-12-9-15-7-3-1-4-8-15/h1,3-4,7-8,13-14,20-21,25-26H,2,5-6,9-12,23-24H2. The summed E-state index contributed by atoms with van der Waals surface area (Å²) in [5.74, 6) is 0.756. The molecule has 6 N–H and O–H groups in total. The Morgan fingerprint density at radius 1 is 1.04 bits per heavy atom. The zero-order valence-electron chi connectivity index (χ0n) is 15.7. The number of nitrogens with two attached hydrogens (primary N) is 2. The molecule has 27 heavy (non-hydrogen) atoms. The SMILES string of the molecule is Nc1cc2c(cc1N)C(NCCc1ccccc1)C(O)C1(CCCCC1)O2. The van der Waals surface area contributed by atoms with Gasteiger partial charge in [0.15, 0.2) is 0 Å². The second-order valence-corrected chi connectivity index (χ2v) is 7.86. The van der Waals surface area contributed by atoms with Gasteiger partial charge in [-0.05, 0) is 50.3 Å². The minimum absolute atomic E-state index is 0.210. The third kappa shape index (κ3) is 3.49. The third-order valence-corrected chi connectivity index (χ3v) is 6.04. The highest BCUT2D eigenvalue weighted by atomic mass is 16.5. The van der Waals surface area contributed by atoms with Crippen LogP contribution in [0.15, 0.2) is 42.5 Å². The summed E-state index contributed by atoms with van der Waals surface area (Å²) in [4.78, 5) is 0. The zero-order chi connectivity index (χ0) is 18.9. The predicted octanol–water partition coefficient (Wildman–Crippen LogP) is 3.18. The van der Waals surface area contributed by atoms with E-state index in [9.17, 15) is 5.11 Å². The normalized spacial score (nSPS) is 23.6. The first-order valence-corrected chi connectivity index (χ1v) is 9.92. The minimum atomic E-state index is -0.607. The summed E-state index contributed by atoms with van der Waals surface area (Å²) < 4.78 is 6.38. The Balaban J connectivity index is 1.60. The van der Waals surface area contributed by atoms with Crippen molar-refractivity contribution in [1.82, 2.24) is 5.32 Å². The van der Waals surface area contributed by atoms with E-state index in [4.69, 9.17) is 16.2 Å². The van der Waals surface area contributed by atoms with Crippen LogP contribution in [0.4, 0.5) is 11.4 Å². The van der Waals surface area contributed by atoms with Gasteiger partial charge in [0.05, 0.1) is 17.4 Å². The smallest absolute Gasteiger partial charge is 0.137 e. The van der Waals surface area contributed by atoms with E-state index in [1.54, 1.807) is 0 Å². The molecule has 1 aliphatic heterocycles. The summed E-state index contributed by atoms with van der Waals surface area (Å²) in [6, 6.07) is 13.8. The van der Waals surface area contributed by atoms with E-state index in [0.29, 0.717) is 11.4 Å². The number of aliphatic hydroxyl groups is 1. The van der Waals surface area contributed by atoms with Crippen molar-refractivity contribution in [2.24, 2.45) is 0 Å². The third-order valence-electron chi connectivity index (χ3n) is 6.04. The lowest BCUT2D eigenvalue weighted by atomic mass is 9.74. The number of hydrogen-bond acceptors (Lipinski definition) is 5. The van der Waals surface area contributed by atoms with E-state index in [2.05, 4.69) is 29.6 Å². The summed E-state index contributed by atoms with van der Waals surface area (Å²) in [6.07, 6.45) is 5.38. The van der Waals surface area contributed by atoms with Crippen LogP contribution < -0.4 is 21.5 Å². The lowest BCUT2D eigenvalue weighted by Gasteiger charge is -2.48. The molecule has 4 rings (SSSR count). The number of fused-ring (bicyclic) bond motifs is 1. The highest BCUT2D eigenvalue weighted by Gasteiger charge is 2.49. The fourth-order valence-electron chi connectivity index (χ4n) is 4.50. The predicted molar refractivity (Wildman–Crippen MR) is 109 cm³/mol. The van der Waals surface area contributed by atoms with E-state index in [1.807, 2.05) is 18.2 Å². The summed E-state index contributed by atoms with van der Waals surface area (Å²) >= 11 is 0. The van der Waals surface area contributed by atoms with Crippen molar-refractivity contribution in [3.8, 4) is 5.75 Å². The Morgan fingerprint density at radius 2 is 1.74 bits per heavy atom. The number of ether oxygens (including phenoxy) is 1. The number of nitrogens with one attached hydrogen (secondary N) is 1. The molecule has 1 fully saturated rings. The van der Waals surface area contributed by atoms with Gasteiger partial charge in [0.1, 0.15) is 17.5 Å². The maximum absolute atomic E-state index is 11.3. The molecule has 0 amide bonds. The number of anilines is 2. The average molecular weight is 367 g/mol. The van der Waals surface area contributed by atoms with Gasteiger partial charge in [0.2, 0.25) is 0 Å². The molecule has 1 heterocycles. The molecule has 2 aromatic carbocycles. The molecule has 2 unspecified atom stereocenters. The van der Waals surface area contributed by atoms with Crippen LogP contribution in [0.1, 0.15) is 49.3 Å². The van der Waals surface area contributed by atoms with Crippen molar-refractivity contribution in [2.75, 3.05) is 18.0 Å². The highest BCUT2D eigenvalue weighted by Crippen LogP contribution is 2.47. The molecule has 5 heteroatoms. The van der Waals surface area contributed by atoms with Crippen LogP contribution >= 0.6 is 0 Å². The number of rotatable bonds is 4. The fourth-order valence-corrected chi connectivity index (χ4v) is 4.50. The summed E-state index contributed by atoms with van der Waals surface area (Å²) in [6.45, 7) is 0.769. The zero-order valence-corrected chi connectivity index (χ0v) is 15.7. The second-order valence-electron chi connectivity index (χ2n) is 7.86. The number of hydrogen-bond donors (Lipinski definition) is 4. The number of nitrogen functional groups attached to an aromatic ring is 2. The molecule has 0 aromatic heterocycles. The van der Waals surface area contributed by atoms with Crippen LogP contribution in [0.3, 0.4) is 0 Å². The van der Waals surface area contributed by atoms with E-state index in [-0.39, 0.29) is 6.04 Å².